The third-order valence-corrected chi connectivity index (χ3v) is 6.78. The van der Waals surface area contributed by atoms with Crippen LogP contribution in [-0.4, -0.2) is 25.5 Å². The minimum atomic E-state index is -0.490. The number of hydrogen-bond donors (Lipinski definition) is 2. The van der Waals surface area contributed by atoms with Crippen LogP contribution < -0.4 is 20.5 Å². The summed E-state index contributed by atoms with van der Waals surface area (Å²) in [6.07, 6.45) is 9.18. The van der Waals surface area contributed by atoms with E-state index in [1.807, 2.05) is 18.2 Å². The molecule has 0 saturated heterocycles. The predicted molar refractivity (Wildman–Crippen MR) is 130 cm³/mol. The summed E-state index contributed by atoms with van der Waals surface area (Å²) in [6, 6.07) is 5.56. The molecule has 6 nitrogen and oxygen atoms in total. The van der Waals surface area contributed by atoms with Crippen molar-refractivity contribution in [1.29, 1.82) is 0 Å². The average Bonchev–Trinajstić information content (AvgIpc) is 3.12. The van der Waals surface area contributed by atoms with Crippen molar-refractivity contribution in [2.45, 2.75) is 52.4 Å². The normalized spacial score (nSPS) is 15.4. The van der Waals surface area contributed by atoms with E-state index in [1.165, 1.54) is 17.4 Å². The number of primary amides is 1. The molecule has 2 amide bonds. The standard InChI is InChI=1S/C25H32N2O4S/c1-4-5-6-13-31-19-11-8-17(15-20(19)30-3)9-12-22(28)27-25-23(24(26)29)18-10-7-16(2)14-21(18)32-25/h8-9,11-12,15-16H,4-7,10,13-14H2,1-3H3,(H2,26,29)(H,27,28)/b12-9+. The second-order valence-corrected chi connectivity index (χ2v) is 9.31. The molecule has 2 aromatic rings. The number of rotatable bonds is 10. The molecule has 3 rings (SSSR count). The molecule has 0 saturated carbocycles. The zero-order valence-electron chi connectivity index (χ0n) is 19.0. The van der Waals surface area contributed by atoms with E-state index in [9.17, 15) is 9.59 Å². The summed E-state index contributed by atoms with van der Waals surface area (Å²) in [5.74, 6) is 1.09. The van der Waals surface area contributed by atoms with Crippen LogP contribution in [0.25, 0.3) is 6.08 Å². The van der Waals surface area contributed by atoms with E-state index >= 15 is 0 Å². The molecule has 1 heterocycles. The Hall–Kier alpha value is -2.80. The summed E-state index contributed by atoms with van der Waals surface area (Å²) in [7, 11) is 1.60. The maximum Gasteiger partial charge on any atom is 0.251 e. The van der Waals surface area contributed by atoms with Gasteiger partial charge >= 0.3 is 0 Å². The van der Waals surface area contributed by atoms with Gasteiger partial charge in [-0.25, -0.2) is 0 Å². The number of hydrogen-bond acceptors (Lipinski definition) is 5. The Bertz CT molecular complexity index is 996. The number of thiophene rings is 1. The van der Waals surface area contributed by atoms with Gasteiger partial charge in [-0.1, -0.05) is 32.8 Å². The molecular weight excluding hydrogens is 424 g/mol. The molecular formula is C25H32N2O4S. The highest BCUT2D eigenvalue weighted by atomic mass is 32.1. The van der Waals surface area contributed by atoms with Gasteiger partial charge in [0.2, 0.25) is 5.91 Å². The summed E-state index contributed by atoms with van der Waals surface area (Å²) >= 11 is 1.46. The number of fused-ring (bicyclic) bond motifs is 1. The third-order valence-electron chi connectivity index (χ3n) is 5.62. The molecule has 0 fully saturated rings. The van der Waals surface area contributed by atoms with Gasteiger partial charge in [-0.05, 0) is 60.9 Å². The summed E-state index contributed by atoms with van der Waals surface area (Å²) in [5.41, 5.74) is 7.90. The monoisotopic (exact) mass is 456 g/mol. The first-order valence-electron chi connectivity index (χ1n) is 11.2. The fourth-order valence-electron chi connectivity index (χ4n) is 3.87. The molecule has 1 aliphatic rings. The van der Waals surface area contributed by atoms with Crippen LogP contribution in [0.4, 0.5) is 5.00 Å². The number of carbonyl (C=O) groups is 2. The van der Waals surface area contributed by atoms with Gasteiger partial charge in [-0.3, -0.25) is 9.59 Å². The maximum atomic E-state index is 12.6. The minimum Gasteiger partial charge on any atom is -0.493 e. The van der Waals surface area contributed by atoms with Crippen molar-refractivity contribution in [3.05, 3.63) is 45.8 Å². The molecule has 7 heteroatoms. The van der Waals surface area contributed by atoms with Gasteiger partial charge in [-0.15, -0.1) is 11.3 Å². The van der Waals surface area contributed by atoms with Crippen molar-refractivity contribution in [2.75, 3.05) is 19.0 Å². The number of anilines is 1. The zero-order valence-corrected chi connectivity index (χ0v) is 19.8. The van der Waals surface area contributed by atoms with Gasteiger partial charge in [0.15, 0.2) is 11.5 Å². The first kappa shape index (κ1) is 23.9. The lowest BCUT2D eigenvalue weighted by molar-refractivity contribution is -0.111. The highest BCUT2D eigenvalue weighted by Gasteiger charge is 2.26. The van der Waals surface area contributed by atoms with Gasteiger partial charge in [0, 0.05) is 11.0 Å². The molecule has 0 bridgehead atoms. The number of carbonyl (C=O) groups excluding carboxylic acids is 2. The molecule has 172 valence electrons. The van der Waals surface area contributed by atoms with Gasteiger partial charge < -0.3 is 20.5 Å². The van der Waals surface area contributed by atoms with E-state index in [4.69, 9.17) is 15.2 Å². The zero-order chi connectivity index (χ0) is 23.1. The van der Waals surface area contributed by atoms with Crippen LogP contribution in [0.5, 0.6) is 11.5 Å². The van der Waals surface area contributed by atoms with Crippen LogP contribution in [0.15, 0.2) is 24.3 Å². The van der Waals surface area contributed by atoms with Crippen LogP contribution in [0.3, 0.4) is 0 Å². The van der Waals surface area contributed by atoms with E-state index in [-0.39, 0.29) is 5.91 Å². The van der Waals surface area contributed by atoms with E-state index in [0.717, 1.165) is 54.5 Å². The van der Waals surface area contributed by atoms with Crippen molar-refractivity contribution in [2.24, 2.45) is 11.7 Å². The average molecular weight is 457 g/mol. The second kappa shape index (κ2) is 11.2. The van der Waals surface area contributed by atoms with E-state index < -0.39 is 5.91 Å². The Kier molecular flexibility index (Phi) is 8.33. The lowest BCUT2D eigenvalue weighted by Gasteiger charge is -2.18. The van der Waals surface area contributed by atoms with E-state index in [1.54, 1.807) is 13.2 Å². The summed E-state index contributed by atoms with van der Waals surface area (Å²) in [5, 5.41) is 3.39. The van der Waals surface area contributed by atoms with Gasteiger partial charge in [0.25, 0.3) is 5.91 Å². The molecule has 32 heavy (non-hydrogen) atoms. The predicted octanol–water partition coefficient (Wildman–Crippen LogP) is 5.20. The van der Waals surface area contributed by atoms with Crippen molar-refractivity contribution < 1.29 is 19.1 Å². The van der Waals surface area contributed by atoms with E-state index in [2.05, 4.69) is 19.2 Å². The summed E-state index contributed by atoms with van der Waals surface area (Å²) in [4.78, 5) is 25.8. The number of benzene rings is 1. The lowest BCUT2D eigenvalue weighted by Crippen LogP contribution is -2.18. The molecule has 0 spiro atoms. The Morgan fingerprint density at radius 1 is 1.28 bits per heavy atom. The maximum absolute atomic E-state index is 12.6. The van der Waals surface area contributed by atoms with Crippen LogP contribution in [-0.2, 0) is 17.6 Å². The van der Waals surface area contributed by atoms with Gasteiger partial charge in [-0.2, -0.15) is 0 Å². The highest BCUT2D eigenvalue weighted by molar-refractivity contribution is 7.17. The van der Waals surface area contributed by atoms with Crippen molar-refractivity contribution in [3.8, 4) is 11.5 Å². The number of nitrogens with two attached hydrogens (primary N) is 1. The molecule has 3 N–H and O–H groups in total. The largest absolute Gasteiger partial charge is 0.493 e. The smallest absolute Gasteiger partial charge is 0.251 e. The number of unbranched alkanes of at least 4 members (excludes halogenated alkanes) is 2. The Labute approximate surface area is 193 Å². The second-order valence-electron chi connectivity index (χ2n) is 8.21. The first-order chi connectivity index (χ1) is 15.4. The summed E-state index contributed by atoms with van der Waals surface area (Å²) < 4.78 is 11.2. The van der Waals surface area contributed by atoms with Crippen molar-refractivity contribution in [3.63, 3.8) is 0 Å². The Morgan fingerprint density at radius 3 is 2.81 bits per heavy atom. The molecule has 1 aliphatic carbocycles. The number of nitrogens with one attached hydrogen (secondary N) is 1. The quantitative estimate of drug-likeness (QED) is 0.380. The van der Waals surface area contributed by atoms with Crippen LogP contribution in [0.1, 0.15) is 65.9 Å². The molecule has 0 radical (unpaired) electrons. The molecule has 1 aromatic heterocycles. The number of methoxy groups -OCH3 is 1. The Balaban J connectivity index is 1.69. The lowest BCUT2D eigenvalue weighted by atomic mass is 9.88. The number of ether oxygens (including phenoxy) is 2. The van der Waals surface area contributed by atoms with Crippen LogP contribution in [0.2, 0.25) is 0 Å². The third kappa shape index (κ3) is 5.91. The SMILES string of the molecule is CCCCCOc1ccc(/C=C/C(=O)Nc2sc3c(c2C(N)=O)CCC(C)C3)cc1OC. The first-order valence-corrected chi connectivity index (χ1v) is 12.0. The highest BCUT2D eigenvalue weighted by Crippen LogP contribution is 2.39. The molecule has 1 unspecified atom stereocenters. The summed E-state index contributed by atoms with van der Waals surface area (Å²) in [6.45, 7) is 5.00. The fraction of sp³-hybridized carbons (Fsp3) is 0.440. The Morgan fingerprint density at radius 2 is 2.09 bits per heavy atom. The molecule has 1 aromatic carbocycles. The van der Waals surface area contributed by atoms with Crippen LogP contribution in [0, 0.1) is 5.92 Å². The van der Waals surface area contributed by atoms with Crippen molar-refractivity contribution >= 4 is 34.2 Å². The van der Waals surface area contributed by atoms with Crippen molar-refractivity contribution in [1.82, 2.24) is 0 Å². The van der Waals surface area contributed by atoms with Gasteiger partial charge in [0.1, 0.15) is 5.00 Å². The van der Waals surface area contributed by atoms with Crippen LogP contribution >= 0.6 is 11.3 Å². The van der Waals surface area contributed by atoms with Gasteiger partial charge in [0.05, 0.1) is 19.3 Å². The fourth-order valence-corrected chi connectivity index (χ4v) is 5.29. The molecule has 1 atom stereocenters. The minimum absolute atomic E-state index is 0.307. The molecule has 0 aliphatic heterocycles. The number of amides is 2. The van der Waals surface area contributed by atoms with E-state index in [0.29, 0.717) is 34.6 Å². The topological polar surface area (TPSA) is 90.6 Å².